The zero-order chi connectivity index (χ0) is 18.0. The molecule has 0 aliphatic rings. The minimum Gasteiger partial charge on any atom is -0.491 e. The van der Waals surface area contributed by atoms with Crippen LogP contribution >= 0.6 is 0 Å². The van der Waals surface area contributed by atoms with E-state index in [1.54, 1.807) is 7.11 Å². The Morgan fingerprint density at radius 2 is 1.83 bits per heavy atom. The molecular formula is C19H31NO4. The lowest BCUT2D eigenvalue weighted by atomic mass is 9.93. The van der Waals surface area contributed by atoms with Crippen LogP contribution in [0.2, 0.25) is 0 Å². The van der Waals surface area contributed by atoms with Gasteiger partial charge in [0.25, 0.3) is 5.91 Å². The molecule has 0 aliphatic carbocycles. The number of benzene rings is 1. The molecule has 1 rings (SSSR count). The zero-order valence-corrected chi connectivity index (χ0v) is 15.6. The smallest absolute Gasteiger partial charge is 0.256 e. The number of anilines is 1. The van der Waals surface area contributed by atoms with Gasteiger partial charge in [0.15, 0.2) is 0 Å². The highest BCUT2D eigenvalue weighted by molar-refractivity contribution is 5.97. The SMILES string of the molecule is CCCOC(C)(CC(C)C)C(=O)Nc1ccc(OCCOC)cc1. The van der Waals surface area contributed by atoms with Crippen LogP contribution < -0.4 is 10.1 Å². The fourth-order valence-corrected chi connectivity index (χ4v) is 2.46. The molecule has 1 unspecified atom stereocenters. The quantitative estimate of drug-likeness (QED) is 0.623. The summed E-state index contributed by atoms with van der Waals surface area (Å²) < 4.78 is 16.3. The Morgan fingerprint density at radius 3 is 2.38 bits per heavy atom. The second kappa shape index (κ2) is 10.3. The Morgan fingerprint density at radius 1 is 1.17 bits per heavy atom. The Labute approximate surface area is 145 Å². The van der Waals surface area contributed by atoms with Gasteiger partial charge >= 0.3 is 0 Å². The molecule has 1 atom stereocenters. The summed E-state index contributed by atoms with van der Waals surface area (Å²) in [5.41, 5.74) is -0.0909. The Hall–Kier alpha value is -1.59. The number of methoxy groups -OCH3 is 1. The van der Waals surface area contributed by atoms with Gasteiger partial charge in [0.1, 0.15) is 18.0 Å². The number of amides is 1. The number of carbonyl (C=O) groups is 1. The van der Waals surface area contributed by atoms with Gasteiger partial charge < -0.3 is 19.5 Å². The largest absolute Gasteiger partial charge is 0.491 e. The van der Waals surface area contributed by atoms with E-state index in [9.17, 15) is 4.79 Å². The third kappa shape index (κ3) is 6.89. The second-order valence-electron chi connectivity index (χ2n) is 6.50. The molecule has 1 aromatic rings. The topological polar surface area (TPSA) is 56.8 Å². The fourth-order valence-electron chi connectivity index (χ4n) is 2.46. The first-order valence-electron chi connectivity index (χ1n) is 8.58. The Balaban J connectivity index is 2.68. The maximum Gasteiger partial charge on any atom is 0.256 e. The van der Waals surface area contributed by atoms with Crippen molar-refractivity contribution < 1.29 is 19.0 Å². The summed E-state index contributed by atoms with van der Waals surface area (Å²) in [4.78, 5) is 12.7. The highest BCUT2D eigenvalue weighted by atomic mass is 16.5. The molecule has 0 bridgehead atoms. The molecule has 5 nitrogen and oxygen atoms in total. The molecule has 24 heavy (non-hydrogen) atoms. The van der Waals surface area contributed by atoms with Crippen LogP contribution in [0.1, 0.15) is 40.5 Å². The molecule has 0 spiro atoms. The number of ether oxygens (including phenoxy) is 3. The van der Waals surface area contributed by atoms with E-state index in [4.69, 9.17) is 14.2 Å². The molecule has 1 N–H and O–H groups in total. The van der Waals surface area contributed by atoms with Crippen molar-refractivity contribution in [1.82, 2.24) is 0 Å². The number of hydrogen-bond acceptors (Lipinski definition) is 4. The van der Waals surface area contributed by atoms with Gasteiger partial charge in [-0.2, -0.15) is 0 Å². The van der Waals surface area contributed by atoms with Gasteiger partial charge in [0.2, 0.25) is 0 Å². The minimum absolute atomic E-state index is 0.113. The van der Waals surface area contributed by atoms with E-state index in [0.717, 1.165) is 17.9 Å². The van der Waals surface area contributed by atoms with Gasteiger partial charge in [-0.15, -0.1) is 0 Å². The normalized spacial score (nSPS) is 13.6. The van der Waals surface area contributed by atoms with E-state index in [2.05, 4.69) is 19.2 Å². The monoisotopic (exact) mass is 337 g/mol. The van der Waals surface area contributed by atoms with Crippen molar-refractivity contribution >= 4 is 11.6 Å². The lowest BCUT2D eigenvalue weighted by Gasteiger charge is -2.30. The van der Waals surface area contributed by atoms with Gasteiger partial charge in [0.05, 0.1) is 6.61 Å². The molecule has 0 fully saturated rings. The van der Waals surface area contributed by atoms with Crippen LogP contribution in [-0.4, -0.2) is 38.4 Å². The minimum atomic E-state index is -0.822. The zero-order valence-electron chi connectivity index (χ0n) is 15.6. The highest BCUT2D eigenvalue weighted by Gasteiger charge is 2.34. The van der Waals surface area contributed by atoms with E-state index in [-0.39, 0.29) is 5.91 Å². The van der Waals surface area contributed by atoms with Gasteiger partial charge in [-0.25, -0.2) is 0 Å². The van der Waals surface area contributed by atoms with Crippen LogP contribution in [0, 0.1) is 5.92 Å². The second-order valence-corrected chi connectivity index (χ2v) is 6.50. The third-order valence-electron chi connectivity index (χ3n) is 3.57. The van der Waals surface area contributed by atoms with Crippen LogP contribution in [0.3, 0.4) is 0 Å². The van der Waals surface area contributed by atoms with Gasteiger partial charge in [-0.05, 0) is 49.9 Å². The van der Waals surface area contributed by atoms with Crippen molar-refractivity contribution in [3.63, 3.8) is 0 Å². The lowest BCUT2D eigenvalue weighted by molar-refractivity contribution is -0.141. The summed E-state index contributed by atoms with van der Waals surface area (Å²) >= 11 is 0. The van der Waals surface area contributed by atoms with Crippen LogP contribution in [0.4, 0.5) is 5.69 Å². The fraction of sp³-hybridized carbons (Fsp3) is 0.632. The highest BCUT2D eigenvalue weighted by Crippen LogP contribution is 2.24. The molecule has 5 heteroatoms. The number of hydrogen-bond donors (Lipinski definition) is 1. The molecule has 0 radical (unpaired) electrons. The summed E-state index contributed by atoms with van der Waals surface area (Å²) in [5.74, 6) is 1.00. The molecule has 136 valence electrons. The van der Waals surface area contributed by atoms with E-state index in [1.807, 2.05) is 38.1 Å². The standard InChI is InChI=1S/C19H31NO4/c1-6-11-24-19(4,14-15(2)3)18(21)20-16-7-9-17(10-8-16)23-13-12-22-5/h7-10,15H,6,11-14H2,1-5H3,(H,20,21). The van der Waals surface area contributed by atoms with Crippen molar-refractivity contribution in [3.05, 3.63) is 24.3 Å². The van der Waals surface area contributed by atoms with Gasteiger partial charge in [0, 0.05) is 19.4 Å². The van der Waals surface area contributed by atoms with E-state index in [1.165, 1.54) is 0 Å². The Bertz CT molecular complexity index is 487. The first-order chi connectivity index (χ1) is 11.4. The molecule has 0 saturated heterocycles. The van der Waals surface area contributed by atoms with Crippen LogP contribution in [0.5, 0.6) is 5.75 Å². The summed E-state index contributed by atoms with van der Waals surface area (Å²) in [6.45, 7) is 9.69. The number of carbonyl (C=O) groups excluding carboxylic acids is 1. The van der Waals surface area contributed by atoms with Crippen LogP contribution in [0.15, 0.2) is 24.3 Å². The molecule has 0 aliphatic heterocycles. The molecule has 1 aromatic carbocycles. The first kappa shape index (κ1) is 20.5. The average molecular weight is 337 g/mol. The molecular weight excluding hydrogens is 306 g/mol. The molecule has 0 saturated carbocycles. The Kier molecular flexibility index (Phi) is 8.79. The maximum absolute atomic E-state index is 12.7. The first-order valence-corrected chi connectivity index (χ1v) is 8.58. The molecule has 1 amide bonds. The summed E-state index contributed by atoms with van der Waals surface area (Å²) in [5, 5.41) is 2.95. The lowest BCUT2D eigenvalue weighted by Crippen LogP contribution is -2.44. The maximum atomic E-state index is 12.7. The van der Waals surface area contributed by atoms with Gasteiger partial charge in [-0.3, -0.25) is 4.79 Å². The van der Waals surface area contributed by atoms with E-state index in [0.29, 0.717) is 32.2 Å². The van der Waals surface area contributed by atoms with E-state index < -0.39 is 5.60 Å². The van der Waals surface area contributed by atoms with Gasteiger partial charge in [-0.1, -0.05) is 20.8 Å². The summed E-state index contributed by atoms with van der Waals surface area (Å²) in [7, 11) is 1.64. The van der Waals surface area contributed by atoms with Crippen LogP contribution in [0.25, 0.3) is 0 Å². The predicted octanol–water partition coefficient (Wildman–Crippen LogP) is 3.88. The number of rotatable bonds is 11. The van der Waals surface area contributed by atoms with Crippen molar-refractivity contribution in [3.8, 4) is 5.75 Å². The predicted molar refractivity (Wildman–Crippen MR) is 96.5 cm³/mol. The van der Waals surface area contributed by atoms with E-state index >= 15 is 0 Å². The molecule has 0 heterocycles. The average Bonchev–Trinajstić information content (AvgIpc) is 2.54. The van der Waals surface area contributed by atoms with Crippen molar-refractivity contribution in [2.75, 3.05) is 32.2 Å². The molecule has 0 aromatic heterocycles. The van der Waals surface area contributed by atoms with Crippen molar-refractivity contribution in [1.29, 1.82) is 0 Å². The van der Waals surface area contributed by atoms with Crippen molar-refractivity contribution in [2.45, 2.75) is 46.1 Å². The number of nitrogens with one attached hydrogen (secondary N) is 1. The van der Waals surface area contributed by atoms with Crippen molar-refractivity contribution in [2.24, 2.45) is 5.92 Å². The summed E-state index contributed by atoms with van der Waals surface area (Å²) in [6.07, 6.45) is 1.56. The summed E-state index contributed by atoms with van der Waals surface area (Å²) in [6, 6.07) is 7.32. The van der Waals surface area contributed by atoms with Crippen LogP contribution in [-0.2, 0) is 14.3 Å². The third-order valence-corrected chi connectivity index (χ3v) is 3.57.